The van der Waals surface area contributed by atoms with E-state index in [1.54, 1.807) is 41.0 Å². The lowest BCUT2D eigenvalue weighted by atomic mass is 10.0. The van der Waals surface area contributed by atoms with Crippen molar-refractivity contribution in [1.82, 2.24) is 14.9 Å². The summed E-state index contributed by atoms with van der Waals surface area (Å²) in [5.74, 6) is -0.157. The summed E-state index contributed by atoms with van der Waals surface area (Å²) in [4.78, 5) is 43.6. The number of aryl methyl sites for hydroxylation is 1. The molecule has 0 unspecified atom stereocenters. The molecule has 0 atom stereocenters. The third-order valence-electron chi connectivity index (χ3n) is 5.53. The van der Waals surface area contributed by atoms with E-state index in [-0.39, 0.29) is 23.4 Å². The average Bonchev–Trinajstić information content (AvgIpc) is 2.86. The molecule has 0 bridgehead atoms. The van der Waals surface area contributed by atoms with Crippen LogP contribution >= 0.6 is 0 Å². The molecule has 4 aromatic rings. The molecule has 4 rings (SSSR count). The average molecular weight is 456 g/mol. The second kappa shape index (κ2) is 10.1. The summed E-state index contributed by atoms with van der Waals surface area (Å²) in [7, 11) is 1.51. The standard InChI is InChI=1S/C27H25N3O4/c1-18-11-12-22-26(33)23(25(32)20-9-6-10-21(15-20)34-2)16-30(27(22)29-18)17-24(31)28-14-13-19-7-4-3-5-8-19/h3-12,15-16H,13-14,17H2,1-2H3,(H,28,31). The number of ether oxygens (including phenoxy) is 1. The number of rotatable bonds is 8. The molecule has 172 valence electrons. The van der Waals surface area contributed by atoms with Gasteiger partial charge in [0, 0.05) is 24.0 Å². The van der Waals surface area contributed by atoms with Gasteiger partial charge in [0.1, 0.15) is 17.9 Å². The molecular formula is C27H25N3O4. The highest BCUT2D eigenvalue weighted by molar-refractivity contribution is 6.10. The summed E-state index contributed by atoms with van der Waals surface area (Å²) in [6.07, 6.45) is 2.13. The van der Waals surface area contributed by atoms with Gasteiger partial charge in [-0.25, -0.2) is 4.98 Å². The molecule has 0 fully saturated rings. The van der Waals surface area contributed by atoms with Gasteiger partial charge in [-0.05, 0) is 43.2 Å². The highest BCUT2D eigenvalue weighted by atomic mass is 16.5. The Hall–Kier alpha value is -4.26. The zero-order valence-electron chi connectivity index (χ0n) is 19.1. The van der Waals surface area contributed by atoms with Gasteiger partial charge in [0.25, 0.3) is 0 Å². The first-order valence-electron chi connectivity index (χ1n) is 11.0. The van der Waals surface area contributed by atoms with Crippen LogP contribution in [0.3, 0.4) is 0 Å². The minimum Gasteiger partial charge on any atom is -0.497 e. The number of fused-ring (bicyclic) bond motifs is 1. The lowest BCUT2D eigenvalue weighted by Gasteiger charge is -2.13. The zero-order chi connectivity index (χ0) is 24.1. The van der Waals surface area contributed by atoms with Crippen LogP contribution in [0.4, 0.5) is 0 Å². The highest BCUT2D eigenvalue weighted by Crippen LogP contribution is 2.17. The Balaban J connectivity index is 1.64. The van der Waals surface area contributed by atoms with Crippen LogP contribution in [0.25, 0.3) is 11.0 Å². The Morgan fingerprint density at radius 3 is 2.59 bits per heavy atom. The lowest BCUT2D eigenvalue weighted by molar-refractivity contribution is -0.121. The van der Waals surface area contributed by atoms with E-state index in [1.165, 1.54) is 13.3 Å². The van der Waals surface area contributed by atoms with E-state index in [1.807, 2.05) is 37.3 Å². The van der Waals surface area contributed by atoms with E-state index < -0.39 is 11.2 Å². The molecule has 1 amide bonds. The van der Waals surface area contributed by atoms with Gasteiger partial charge in [-0.3, -0.25) is 14.4 Å². The fraction of sp³-hybridized carbons (Fsp3) is 0.185. The molecule has 0 saturated carbocycles. The van der Waals surface area contributed by atoms with Crippen LogP contribution in [-0.4, -0.2) is 34.9 Å². The van der Waals surface area contributed by atoms with Crippen LogP contribution < -0.4 is 15.5 Å². The molecule has 0 saturated heterocycles. The van der Waals surface area contributed by atoms with Gasteiger partial charge in [-0.2, -0.15) is 0 Å². The molecule has 2 heterocycles. The number of carbonyl (C=O) groups is 2. The van der Waals surface area contributed by atoms with Crippen LogP contribution in [0.2, 0.25) is 0 Å². The number of hydrogen-bond donors (Lipinski definition) is 1. The summed E-state index contributed by atoms with van der Waals surface area (Å²) in [6, 6.07) is 19.9. The fourth-order valence-electron chi connectivity index (χ4n) is 3.76. The van der Waals surface area contributed by atoms with Gasteiger partial charge in [0.15, 0.2) is 5.78 Å². The van der Waals surface area contributed by atoms with Crippen LogP contribution in [0.1, 0.15) is 27.2 Å². The number of aromatic nitrogens is 2. The summed E-state index contributed by atoms with van der Waals surface area (Å²) in [5.41, 5.74) is 2.08. The Kier molecular flexibility index (Phi) is 6.82. The molecule has 0 aliphatic heterocycles. The van der Waals surface area contributed by atoms with Crippen molar-refractivity contribution in [2.45, 2.75) is 19.9 Å². The van der Waals surface area contributed by atoms with Crippen LogP contribution in [0.5, 0.6) is 5.75 Å². The number of benzene rings is 2. The first-order valence-corrected chi connectivity index (χ1v) is 11.0. The van der Waals surface area contributed by atoms with Crippen molar-refractivity contribution in [1.29, 1.82) is 0 Å². The second-order valence-corrected chi connectivity index (χ2v) is 7.97. The van der Waals surface area contributed by atoms with Gasteiger partial charge < -0.3 is 14.6 Å². The van der Waals surface area contributed by atoms with Crippen LogP contribution in [-0.2, 0) is 17.8 Å². The number of nitrogens with one attached hydrogen (secondary N) is 1. The Labute approximate surface area is 197 Å². The van der Waals surface area contributed by atoms with E-state index >= 15 is 0 Å². The minimum absolute atomic E-state index is 0.0245. The van der Waals surface area contributed by atoms with E-state index in [2.05, 4.69) is 10.3 Å². The van der Waals surface area contributed by atoms with Gasteiger partial charge in [-0.15, -0.1) is 0 Å². The first kappa shape index (κ1) is 22.9. The Bertz CT molecular complexity index is 1410. The number of amides is 1. The number of ketones is 1. The number of pyridine rings is 2. The van der Waals surface area contributed by atoms with Gasteiger partial charge in [-0.1, -0.05) is 42.5 Å². The topological polar surface area (TPSA) is 90.3 Å². The molecule has 0 aliphatic carbocycles. The third kappa shape index (κ3) is 5.04. The first-order chi connectivity index (χ1) is 16.5. The second-order valence-electron chi connectivity index (χ2n) is 7.97. The molecule has 0 radical (unpaired) electrons. The van der Waals surface area contributed by atoms with Gasteiger partial charge >= 0.3 is 0 Å². The van der Waals surface area contributed by atoms with Crippen molar-refractivity contribution in [2.24, 2.45) is 0 Å². The van der Waals surface area contributed by atoms with E-state index in [9.17, 15) is 14.4 Å². The van der Waals surface area contributed by atoms with Crippen molar-refractivity contribution in [3.63, 3.8) is 0 Å². The van der Waals surface area contributed by atoms with Gasteiger partial charge in [0.05, 0.1) is 18.1 Å². The number of nitrogens with zero attached hydrogens (tertiary/aromatic N) is 2. The molecular weight excluding hydrogens is 430 g/mol. The molecule has 7 heteroatoms. The Morgan fingerprint density at radius 2 is 1.82 bits per heavy atom. The molecule has 1 N–H and O–H groups in total. The Morgan fingerprint density at radius 1 is 1.03 bits per heavy atom. The monoisotopic (exact) mass is 455 g/mol. The molecule has 2 aromatic carbocycles. The highest BCUT2D eigenvalue weighted by Gasteiger charge is 2.19. The maximum Gasteiger partial charge on any atom is 0.240 e. The van der Waals surface area contributed by atoms with E-state index in [0.717, 1.165) is 5.56 Å². The summed E-state index contributed by atoms with van der Waals surface area (Å²) < 4.78 is 6.77. The maximum atomic E-state index is 13.2. The molecule has 0 spiro atoms. The minimum atomic E-state index is -0.440. The summed E-state index contributed by atoms with van der Waals surface area (Å²) in [6.45, 7) is 2.22. The number of carbonyl (C=O) groups excluding carboxylic acids is 2. The summed E-state index contributed by atoms with van der Waals surface area (Å²) >= 11 is 0. The number of methoxy groups -OCH3 is 1. The zero-order valence-corrected chi connectivity index (χ0v) is 19.1. The lowest BCUT2D eigenvalue weighted by Crippen LogP contribution is -2.31. The van der Waals surface area contributed by atoms with Crippen LogP contribution in [0, 0.1) is 6.92 Å². The van der Waals surface area contributed by atoms with Crippen molar-refractivity contribution < 1.29 is 14.3 Å². The number of hydrogen-bond acceptors (Lipinski definition) is 5. The largest absolute Gasteiger partial charge is 0.497 e. The molecule has 0 aliphatic rings. The predicted molar refractivity (Wildman–Crippen MR) is 130 cm³/mol. The molecule has 7 nitrogen and oxygen atoms in total. The molecule has 34 heavy (non-hydrogen) atoms. The van der Waals surface area contributed by atoms with Crippen molar-refractivity contribution in [3.8, 4) is 5.75 Å². The predicted octanol–water partition coefficient (Wildman–Crippen LogP) is 3.30. The van der Waals surface area contributed by atoms with E-state index in [0.29, 0.717) is 35.6 Å². The summed E-state index contributed by atoms with van der Waals surface area (Å²) in [5, 5.41) is 3.19. The van der Waals surface area contributed by atoms with Gasteiger partial charge in [0.2, 0.25) is 11.3 Å². The van der Waals surface area contributed by atoms with Crippen molar-refractivity contribution in [2.75, 3.05) is 13.7 Å². The third-order valence-corrected chi connectivity index (χ3v) is 5.53. The van der Waals surface area contributed by atoms with Crippen LogP contribution in [0.15, 0.2) is 77.7 Å². The molecule has 2 aromatic heterocycles. The maximum absolute atomic E-state index is 13.2. The fourth-order valence-corrected chi connectivity index (χ4v) is 3.76. The quantitative estimate of drug-likeness (QED) is 0.412. The van der Waals surface area contributed by atoms with Crippen molar-refractivity contribution >= 4 is 22.7 Å². The SMILES string of the molecule is COc1cccc(C(=O)c2cn(CC(=O)NCCc3ccccc3)c3nc(C)ccc3c2=O)c1. The van der Waals surface area contributed by atoms with E-state index in [4.69, 9.17) is 4.74 Å². The smallest absolute Gasteiger partial charge is 0.240 e. The van der Waals surface area contributed by atoms with Crippen molar-refractivity contribution in [3.05, 3.63) is 106 Å². The normalized spacial score (nSPS) is 10.8.